The van der Waals surface area contributed by atoms with Gasteiger partial charge in [-0.25, -0.2) is 9.37 Å². The lowest BCUT2D eigenvalue weighted by atomic mass is 10.2. The van der Waals surface area contributed by atoms with Crippen molar-refractivity contribution < 1.29 is 13.9 Å². The maximum absolute atomic E-state index is 13.7. The second kappa shape index (κ2) is 6.57. The Hall–Kier alpha value is -3.09. The fourth-order valence-corrected chi connectivity index (χ4v) is 2.37. The number of nitrogens with zero attached hydrogens (tertiary/aromatic N) is 2. The van der Waals surface area contributed by atoms with Gasteiger partial charge >= 0.3 is 0 Å². The van der Waals surface area contributed by atoms with E-state index in [0.29, 0.717) is 39.7 Å². The molecule has 0 aliphatic carbocycles. The van der Waals surface area contributed by atoms with Gasteiger partial charge in [0.25, 0.3) is 0 Å². The van der Waals surface area contributed by atoms with Crippen LogP contribution in [-0.2, 0) is 6.54 Å². The first kappa shape index (κ1) is 15.8. The molecule has 0 aliphatic rings. The summed E-state index contributed by atoms with van der Waals surface area (Å²) >= 11 is 0. The molecule has 124 valence electrons. The molecule has 2 aromatic carbocycles. The third-order valence-electron chi connectivity index (χ3n) is 3.63. The number of anilines is 2. The van der Waals surface area contributed by atoms with Gasteiger partial charge in [0.05, 0.1) is 19.7 Å². The van der Waals surface area contributed by atoms with Crippen LogP contribution in [0.15, 0.2) is 36.4 Å². The molecule has 1 aromatic heterocycles. The number of hydrogen-bond acceptors (Lipinski definition) is 6. The molecule has 0 amide bonds. The summed E-state index contributed by atoms with van der Waals surface area (Å²) in [6, 6.07) is 9.96. The second-order valence-corrected chi connectivity index (χ2v) is 5.10. The fourth-order valence-electron chi connectivity index (χ4n) is 2.37. The number of rotatable bonds is 5. The molecule has 0 saturated carbocycles. The van der Waals surface area contributed by atoms with Gasteiger partial charge in [-0.15, -0.1) is 0 Å². The fraction of sp³-hybridized carbons (Fsp3) is 0.176. The molecule has 0 atom stereocenters. The molecule has 0 bridgehead atoms. The van der Waals surface area contributed by atoms with E-state index >= 15 is 0 Å². The number of nitrogens with one attached hydrogen (secondary N) is 1. The Balaban J connectivity index is 1.93. The largest absolute Gasteiger partial charge is 0.493 e. The average molecular weight is 328 g/mol. The molecule has 7 heteroatoms. The number of halogens is 1. The minimum atomic E-state index is -0.287. The lowest BCUT2D eigenvalue weighted by Crippen LogP contribution is -2.07. The number of benzene rings is 2. The molecule has 3 N–H and O–H groups in total. The third-order valence-corrected chi connectivity index (χ3v) is 3.63. The first-order chi connectivity index (χ1) is 11.6. The van der Waals surface area contributed by atoms with E-state index in [-0.39, 0.29) is 12.4 Å². The summed E-state index contributed by atoms with van der Waals surface area (Å²) in [5.41, 5.74) is 7.14. The van der Waals surface area contributed by atoms with Crippen molar-refractivity contribution in [3.8, 4) is 11.5 Å². The zero-order valence-corrected chi connectivity index (χ0v) is 13.3. The lowest BCUT2D eigenvalue weighted by molar-refractivity contribution is 0.356. The smallest absolute Gasteiger partial charge is 0.225 e. The Morgan fingerprint density at radius 2 is 1.79 bits per heavy atom. The summed E-state index contributed by atoms with van der Waals surface area (Å²) in [6.07, 6.45) is 0. The van der Waals surface area contributed by atoms with Crippen LogP contribution in [0.4, 0.5) is 16.2 Å². The van der Waals surface area contributed by atoms with Crippen molar-refractivity contribution in [2.24, 2.45) is 0 Å². The van der Waals surface area contributed by atoms with Crippen LogP contribution in [0.2, 0.25) is 0 Å². The van der Waals surface area contributed by atoms with Crippen molar-refractivity contribution in [3.63, 3.8) is 0 Å². The van der Waals surface area contributed by atoms with E-state index in [0.717, 1.165) is 0 Å². The summed E-state index contributed by atoms with van der Waals surface area (Å²) in [6.45, 7) is 0.255. The zero-order valence-electron chi connectivity index (χ0n) is 13.3. The standard InChI is InChI=1S/C17H17FN4O2/c1-23-14-7-11-13(8-15(14)24-2)21-17(22-16(11)19)20-9-10-5-3-4-6-12(10)18/h3-8H,9H2,1-2H3,(H3,19,20,21,22). The van der Waals surface area contributed by atoms with E-state index in [1.54, 1.807) is 44.6 Å². The van der Waals surface area contributed by atoms with Crippen LogP contribution >= 0.6 is 0 Å². The Bertz CT molecular complexity index is 886. The van der Waals surface area contributed by atoms with E-state index in [4.69, 9.17) is 15.2 Å². The number of nitrogen functional groups attached to an aromatic ring is 1. The van der Waals surface area contributed by atoms with Crippen LogP contribution in [0.1, 0.15) is 5.56 Å². The van der Waals surface area contributed by atoms with Gasteiger partial charge in [0.1, 0.15) is 11.6 Å². The first-order valence-electron chi connectivity index (χ1n) is 7.29. The predicted octanol–water partition coefficient (Wildman–Crippen LogP) is 2.98. The topological polar surface area (TPSA) is 82.3 Å². The highest BCUT2D eigenvalue weighted by Crippen LogP contribution is 2.33. The number of ether oxygens (including phenoxy) is 2. The van der Waals surface area contributed by atoms with Gasteiger partial charge in [0.2, 0.25) is 5.95 Å². The number of nitrogens with two attached hydrogens (primary N) is 1. The Morgan fingerprint density at radius 1 is 1.08 bits per heavy atom. The Morgan fingerprint density at radius 3 is 2.50 bits per heavy atom. The SMILES string of the molecule is COc1cc2nc(NCc3ccccc3F)nc(N)c2cc1OC. The van der Waals surface area contributed by atoms with Crippen LogP contribution in [0.5, 0.6) is 11.5 Å². The molecule has 0 radical (unpaired) electrons. The number of methoxy groups -OCH3 is 2. The van der Waals surface area contributed by atoms with E-state index in [2.05, 4.69) is 15.3 Å². The van der Waals surface area contributed by atoms with Crippen molar-refractivity contribution in [3.05, 3.63) is 47.8 Å². The van der Waals surface area contributed by atoms with Crippen LogP contribution in [0, 0.1) is 5.82 Å². The minimum absolute atomic E-state index is 0.255. The summed E-state index contributed by atoms with van der Waals surface area (Å²) in [5.74, 6) is 1.42. The highest BCUT2D eigenvalue weighted by atomic mass is 19.1. The lowest BCUT2D eigenvalue weighted by Gasteiger charge is -2.12. The average Bonchev–Trinajstić information content (AvgIpc) is 2.60. The molecule has 3 aromatic rings. The van der Waals surface area contributed by atoms with E-state index < -0.39 is 0 Å². The molecule has 0 aliphatic heterocycles. The van der Waals surface area contributed by atoms with Gasteiger partial charge < -0.3 is 20.5 Å². The maximum Gasteiger partial charge on any atom is 0.225 e. The summed E-state index contributed by atoms with van der Waals surface area (Å²) in [5, 5.41) is 3.64. The predicted molar refractivity (Wildman–Crippen MR) is 90.8 cm³/mol. The molecule has 0 saturated heterocycles. The molecule has 3 rings (SSSR count). The molecule has 0 fully saturated rings. The van der Waals surface area contributed by atoms with Crippen molar-refractivity contribution in [1.29, 1.82) is 0 Å². The monoisotopic (exact) mass is 328 g/mol. The zero-order chi connectivity index (χ0) is 17.1. The summed E-state index contributed by atoms with van der Waals surface area (Å²) in [4.78, 5) is 8.62. The quantitative estimate of drug-likeness (QED) is 0.749. The van der Waals surface area contributed by atoms with Crippen molar-refractivity contribution in [1.82, 2.24) is 9.97 Å². The van der Waals surface area contributed by atoms with Crippen LogP contribution in [0.3, 0.4) is 0 Å². The van der Waals surface area contributed by atoms with Crippen molar-refractivity contribution >= 4 is 22.7 Å². The van der Waals surface area contributed by atoms with Crippen LogP contribution in [-0.4, -0.2) is 24.2 Å². The third kappa shape index (κ3) is 3.01. The normalized spacial score (nSPS) is 10.6. The van der Waals surface area contributed by atoms with E-state index in [9.17, 15) is 4.39 Å². The van der Waals surface area contributed by atoms with Crippen LogP contribution in [0.25, 0.3) is 10.9 Å². The van der Waals surface area contributed by atoms with E-state index in [1.807, 2.05) is 0 Å². The number of fused-ring (bicyclic) bond motifs is 1. The van der Waals surface area contributed by atoms with Gasteiger partial charge in [-0.3, -0.25) is 0 Å². The molecule has 6 nitrogen and oxygen atoms in total. The number of aromatic nitrogens is 2. The van der Waals surface area contributed by atoms with Gasteiger partial charge in [-0.05, 0) is 12.1 Å². The second-order valence-electron chi connectivity index (χ2n) is 5.10. The molecule has 24 heavy (non-hydrogen) atoms. The maximum atomic E-state index is 13.7. The van der Waals surface area contributed by atoms with Gasteiger partial charge in [0.15, 0.2) is 11.5 Å². The Kier molecular flexibility index (Phi) is 4.33. The van der Waals surface area contributed by atoms with Crippen molar-refractivity contribution in [2.45, 2.75) is 6.54 Å². The van der Waals surface area contributed by atoms with E-state index in [1.165, 1.54) is 6.07 Å². The van der Waals surface area contributed by atoms with Gasteiger partial charge in [-0.1, -0.05) is 18.2 Å². The van der Waals surface area contributed by atoms with Crippen molar-refractivity contribution in [2.75, 3.05) is 25.3 Å². The van der Waals surface area contributed by atoms with Gasteiger partial charge in [0, 0.05) is 23.6 Å². The summed E-state index contributed by atoms with van der Waals surface area (Å²) in [7, 11) is 3.09. The summed E-state index contributed by atoms with van der Waals surface area (Å²) < 4.78 is 24.2. The van der Waals surface area contributed by atoms with Gasteiger partial charge in [-0.2, -0.15) is 4.98 Å². The molecular formula is C17H17FN4O2. The minimum Gasteiger partial charge on any atom is -0.493 e. The number of hydrogen-bond donors (Lipinski definition) is 2. The highest BCUT2D eigenvalue weighted by molar-refractivity contribution is 5.91. The molecule has 1 heterocycles. The first-order valence-corrected chi connectivity index (χ1v) is 7.29. The molecule has 0 unspecified atom stereocenters. The highest BCUT2D eigenvalue weighted by Gasteiger charge is 2.12. The molecule has 0 spiro atoms. The van der Waals surface area contributed by atoms with Crippen LogP contribution < -0.4 is 20.5 Å². The molecular weight excluding hydrogens is 311 g/mol. The Labute approximate surface area is 138 Å².